The van der Waals surface area contributed by atoms with Gasteiger partial charge in [-0.1, -0.05) is 35.9 Å². The van der Waals surface area contributed by atoms with Crippen LogP contribution in [0.25, 0.3) is 0 Å². The molecule has 3 rings (SSSR count). The van der Waals surface area contributed by atoms with Gasteiger partial charge in [0.1, 0.15) is 0 Å². The summed E-state index contributed by atoms with van der Waals surface area (Å²) in [5.74, 6) is -0.452. The first kappa shape index (κ1) is 19.3. The van der Waals surface area contributed by atoms with Gasteiger partial charge in [0.15, 0.2) is 5.11 Å². The molecule has 0 saturated heterocycles. The zero-order valence-electron chi connectivity index (χ0n) is 15.2. The number of amides is 2. The number of hydrogen-bond donors (Lipinski definition) is 3. The Morgan fingerprint density at radius 1 is 0.679 bits per heavy atom. The average molecular weight is 389 g/mol. The molecular weight excluding hydrogens is 370 g/mol. The zero-order chi connectivity index (χ0) is 19.9. The zero-order valence-corrected chi connectivity index (χ0v) is 16.0. The smallest absolute Gasteiger partial charge is 0.257 e. The van der Waals surface area contributed by atoms with Crippen LogP contribution < -0.4 is 16.0 Å². The van der Waals surface area contributed by atoms with Crippen molar-refractivity contribution in [2.24, 2.45) is 0 Å². The van der Waals surface area contributed by atoms with Gasteiger partial charge < -0.3 is 10.6 Å². The van der Waals surface area contributed by atoms with Crippen LogP contribution in [0.3, 0.4) is 0 Å². The van der Waals surface area contributed by atoms with Gasteiger partial charge in [0.05, 0.1) is 0 Å². The van der Waals surface area contributed by atoms with Crippen molar-refractivity contribution in [3.63, 3.8) is 0 Å². The molecule has 2 amide bonds. The normalized spacial score (nSPS) is 10.0. The highest BCUT2D eigenvalue weighted by atomic mass is 32.1. The van der Waals surface area contributed by atoms with E-state index in [0.717, 1.165) is 5.56 Å². The lowest BCUT2D eigenvalue weighted by Gasteiger charge is -2.11. The number of hydrogen-bond acceptors (Lipinski definition) is 3. The number of aryl methyl sites for hydroxylation is 1. The number of rotatable bonds is 4. The SMILES string of the molecule is Cc1ccc(C(=O)NC(=S)Nc2ccc(NC(=O)c3ccccc3)cc2)cc1. The summed E-state index contributed by atoms with van der Waals surface area (Å²) in [7, 11) is 0. The van der Waals surface area contributed by atoms with Crippen molar-refractivity contribution in [1.82, 2.24) is 5.32 Å². The Kier molecular flexibility index (Phi) is 6.14. The number of thiocarbonyl (C=S) groups is 1. The van der Waals surface area contributed by atoms with E-state index in [4.69, 9.17) is 12.2 Å². The average Bonchev–Trinajstić information content (AvgIpc) is 2.70. The van der Waals surface area contributed by atoms with Gasteiger partial charge in [0.2, 0.25) is 0 Å². The van der Waals surface area contributed by atoms with Gasteiger partial charge >= 0.3 is 0 Å². The minimum absolute atomic E-state index is 0.179. The second kappa shape index (κ2) is 8.92. The molecule has 3 aromatic rings. The summed E-state index contributed by atoms with van der Waals surface area (Å²) in [5.41, 5.74) is 3.57. The summed E-state index contributed by atoms with van der Waals surface area (Å²) in [5, 5.41) is 8.63. The largest absolute Gasteiger partial charge is 0.332 e. The van der Waals surface area contributed by atoms with E-state index < -0.39 is 0 Å². The van der Waals surface area contributed by atoms with E-state index in [-0.39, 0.29) is 16.9 Å². The summed E-state index contributed by atoms with van der Waals surface area (Å²) in [6.45, 7) is 1.96. The third kappa shape index (κ3) is 5.25. The lowest BCUT2D eigenvalue weighted by atomic mass is 10.1. The van der Waals surface area contributed by atoms with Crippen LogP contribution in [-0.2, 0) is 0 Å². The maximum atomic E-state index is 12.2. The molecule has 3 N–H and O–H groups in total. The molecule has 0 aliphatic heterocycles. The van der Waals surface area contributed by atoms with E-state index in [1.54, 1.807) is 48.5 Å². The summed E-state index contributed by atoms with van der Waals surface area (Å²) >= 11 is 5.19. The van der Waals surface area contributed by atoms with Crippen LogP contribution >= 0.6 is 12.2 Å². The van der Waals surface area contributed by atoms with Crippen molar-refractivity contribution in [3.05, 3.63) is 95.6 Å². The van der Waals surface area contributed by atoms with Crippen LogP contribution in [0.1, 0.15) is 26.3 Å². The second-order valence-corrected chi connectivity index (χ2v) is 6.58. The Labute approximate surface area is 168 Å². The molecule has 6 heteroatoms. The van der Waals surface area contributed by atoms with Crippen LogP contribution in [0.2, 0.25) is 0 Å². The molecule has 0 saturated carbocycles. The molecule has 0 bridgehead atoms. The molecule has 0 heterocycles. The maximum absolute atomic E-state index is 12.2. The lowest BCUT2D eigenvalue weighted by molar-refractivity contribution is 0.0976. The third-order valence-corrected chi connectivity index (χ3v) is 4.18. The quantitative estimate of drug-likeness (QED) is 0.580. The first-order valence-corrected chi connectivity index (χ1v) is 9.07. The highest BCUT2D eigenvalue weighted by Gasteiger charge is 2.08. The molecule has 5 nitrogen and oxygen atoms in total. The molecule has 3 aromatic carbocycles. The van der Waals surface area contributed by atoms with Gasteiger partial charge in [-0.15, -0.1) is 0 Å². The molecule has 0 aromatic heterocycles. The molecular formula is C22H19N3O2S. The topological polar surface area (TPSA) is 70.2 Å². The number of anilines is 2. The molecule has 0 aliphatic rings. The van der Waals surface area contributed by atoms with Gasteiger partial charge in [0.25, 0.3) is 11.8 Å². The van der Waals surface area contributed by atoms with Crippen molar-refractivity contribution in [2.45, 2.75) is 6.92 Å². The molecule has 0 radical (unpaired) electrons. The van der Waals surface area contributed by atoms with Crippen molar-refractivity contribution < 1.29 is 9.59 Å². The van der Waals surface area contributed by atoms with Crippen LogP contribution in [0.15, 0.2) is 78.9 Å². The van der Waals surface area contributed by atoms with E-state index in [1.807, 2.05) is 37.3 Å². The summed E-state index contributed by atoms with van der Waals surface area (Å²) < 4.78 is 0. The predicted octanol–water partition coefficient (Wildman–Crippen LogP) is 4.37. The highest BCUT2D eigenvalue weighted by molar-refractivity contribution is 7.80. The van der Waals surface area contributed by atoms with E-state index in [9.17, 15) is 9.59 Å². The van der Waals surface area contributed by atoms with Gasteiger partial charge in [-0.3, -0.25) is 14.9 Å². The molecule has 0 atom stereocenters. The molecule has 28 heavy (non-hydrogen) atoms. The van der Waals surface area contributed by atoms with Crippen molar-refractivity contribution in [3.8, 4) is 0 Å². The van der Waals surface area contributed by atoms with Gasteiger partial charge in [0, 0.05) is 22.5 Å². The fourth-order valence-electron chi connectivity index (χ4n) is 2.47. The van der Waals surface area contributed by atoms with Gasteiger partial charge in [-0.05, 0) is 67.7 Å². The van der Waals surface area contributed by atoms with E-state index in [1.165, 1.54) is 0 Å². The standard InChI is InChI=1S/C22H19N3O2S/c1-15-7-9-17(10-8-15)21(27)25-22(28)24-19-13-11-18(12-14-19)23-20(26)16-5-3-2-4-6-16/h2-14H,1H3,(H,23,26)(H2,24,25,27,28). The van der Waals surface area contributed by atoms with Gasteiger partial charge in [-0.2, -0.15) is 0 Å². The minimum atomic E-state index is -0.274. The van der Waals surface area contributed by atoms with Crippen molar-refractivity contribution in [2.75, 3.05) is 10.6 Å². The third-order valence-electron chi connectivity index (χ3n) is 3.98. The van der Waals surface area contributed by atoms with Gasteiger partial charge in [-0.25, -0.2) is 0 Å². The van der Waals surface area contributed by atoms with Crippen molar-refractivity contribution in [1.29, 1.82) is 0 Å². The Hall–Kier alpha value is -3.51. The fraction of sp³-hybridized carbons (Fsp3) is 0.0455. The van der Waals surface area contributed by atoms with E-state index >= 15 is 0 Å². The summed E-state index contributed by atoms with van der Waals surface area (Å²) in [6, 6.07) is 23.3. The molecule has 0 aliphatic carbocycles. The first-order valence-electron chi connectivity index (χ1n) is 8.67. The Balaban J connectivity index is 1.55. The van der Waals surface area contributed by atoms with Crippen molar-refractivity contribution >= 4 is 40.5 Å². The minimum Gasteiger partial charge on any atom is -0.332 e. The van der Waals surface area contributed by atoms with Crippen LogP contribution in [0, 0.1) is 6.92 Å². The summed E-state index contributed by atoms with van der Waals surface area (Å²) in [4.78, 5) is 24.3. The molecule has 0 unspecified atom stereocenters. The highest BCUT2D eigenvalue weighted by Crippen LogP contribution is 2.15. The van der Waals surface area contributed by atoms with Crippen LogP contribution in [0.4, 0.5) is 11.4 Å². The molecule has 140 valence electrons. The predicted molar refractivity (Wildman–Crippen MR) is 116 cm³/mol. The fourth-order valence-corrected chi connectivity index (χ4v) is 2.68. The number of carbonyl (C=O) groups excluding carboxylic acids is 2. The molecule has 0 fully saturated rings. The maximum Gasteiger partial charge on any atom is 0.257 e. The van der Waals surface area contributed by atoms with E-state index in [0.29, 0.717) is 22.5 Å². The summed E-state index contributed by atoms with van der Waals surface area (Å²) in [6.07, 6.45) is 0. The number of benzene rings is 3. The van der Waals surface area contributed by atoms with Crippen LogP contribution in [-0.4, -0.2) is 16.9 Å². The second-order valence-electron chi connectivity index (χ2n) is 6.17. The lowest BCUT2D eigenvalue weighted by Crippen LogP contribution is -2.34. The Morgan fingerprint density at radius 2 is 1.21 bits per heavy atom. The van der Waals surface area contributed by atoms with E-state index in [2.05, 4.69) is 16.0 Å². The molecule has 0 spiro atoms. The number of carbonyl (C=O) groups is 2. The first-order chi connectivity index (χ1) is 13.5. The number of nitrogens with one attached hydrogen (secondary N) is 3. The van der Waals surface area contributed by atoms with Crippen LogP contribution in [0.5, 0.6) is 0 Å². The Morgan fingerprint density at radius 3 is 1.82 bits per heavy atom. The monoisotopic (exact) mass is 389 g/mol. The Bertz CT molecular complexity index is 985.